The van der Waals surface area contributed by atoms with Crippen molar-refractivity contribution in [1.29, 1.82) is 0 Å². The number of nitrogens with two attached hydrogens (primary N) is 1. The van der Waals surface area contributed by atoms with Crippen molar-refractivity contribution in [3.8, 4) is 0 Å². The van der Waals surface area contributed by atoms with Crippen LogP contribution in [0.5, 0.6) is 0 Å². The largest absolute Gasteiger partial charge is 0.409 e. The van der Waals surface area contributed by atoms with Crippen molar-refractivity contribution < 1.29 is 5.21 Å². The van der Waals surface area contributed by atoms with Crippen molar-refractivity contribution in [2.45, 2.75) is 19.4 Å². The fourth-order valence-corrected chi connectivity index (χ4v) is 1.61. The molecule has 0 spiro atoms. The lowest BCUT2D eigenvalue weighted by Crippen LogP contribution is -2.35. The fraction of sp³-hybridized carbons (Fsp3) is 0.300. The van der Waals surface area contributed by atoms with E-state index in [-0.39, 0.29) is 11.9 Å². The summed E-state index contributed by atoms with van der Waals surface area (Å²) >= 11 is 11.9. The van der Waals surface area contributed by atoms with E-state index in [4.69, 9.17) is 34.1 Å². The first kappa shape index (κ1) is 12.9. The van der Waals surface area contributed by atoms with Gasteiger partial charge in [-0.15, -0.1) is 0 Å². The van der Waals surface area contributed by atoms with Gasteiger partial charge in [-0.2, -0.15) is 0 Å². The van der Waals surface area contributed by atoms with Gasteiger partial charge in [-0.05, 0) is 18.6 Å². The Bertz CT molecular complexity index is 396. The second-order valence-corrected chi connectivity index (χ2v) is 4.02. The number of benzene rings is 1. The molecule has 1 aromatic carbocycles. The van der Waals surface area contributed by atoms with Gasteiger partial charge >= 0.3 is 0 Å². The Morgan fingerprint density at radius 1 is 1.56 bits per heavy atom. The standard InChI is InChI=1S/C10H13Cl2N3O/c1-2-7(10(13)15-16)14-8-5-3-4-6(11)9(8)12/h3-5,7,14,16H,2H2,1H3,(H2,13,15). The highest BCUT2D eigenvalue weighted by Crippen LogP contribution is 2.30. The van der Waals surface area contributed by atoms with E-state index < -0.39 is 0 Å². The van der Waals surface area contributed by atoms with Crippen LogP contribution in [0.3, 0.4) is 0 Å². The van der Waals surface area contributed by atoms with Crippen LogP contribution in [0.1, 0.15) is 13.3 Å². The maximum absolute atomic E-state index is 8.60. The molecule has 0 aliphatic heterocycles. The summed E-state index contributed by atoms with van der Waals surface area (Å²) in [5.41, 5.74) is 6.18. The highest BCUT2D eigenvalue weighted by molar-refractivity contribution is 6.43. The molecule has 0 saturated heterocycles. The Morgan fingerprint density at radius 2 is 2.25 bits per heavy atom. The number of rotatable bonds is 4. The fourth-order valence-electron chi connectivity index (χ4n) is 1.26. The molecule has 4 nitrogen and oxygen atoms in total. The first-order chi connectivity index (χ1) is 7.60. The predicted molar refractivity (Wildman–Crippen MR) is 67.6 cm³/mol. The molecule has 16 heavy (non-hydrogen) atoms. The number of nitrogens with one attached hydrogen (secondary N) is 1. The summed E-state index contributed by atoms with van der Waals surface area (Å²) in [6.07, 6.45) is 0.665. The average molecular weight is 262 g/mol. The van der Waals surface area contributed by atoms with E-state index >= 15 is 0 Å². The molecule has 0 aliphatic carbocycles. The molecule has 6 heteroatoms. The first-order valence-corrected chi connectivity index (χ1v) is 5.53. The Balaban J connectivity index is 2.90. The molecule has 1 unspecified atom stereocenters. The average Bonchev–Trinajstić information content (AvgIpc) is 2.30. The van der Waals surface area contributed by atoms with Gasteiger partial charge in [-0.1, -0.05) is 41.3 Å². The van der Waals surface area contributed by atoms with E-state index in [1.807, 2.05) is 6.92 Å². The van der Waals surface area contributed by atoms with Crippen LogP contribution in [0, 0.1) is 0 Å². The minimum Gasteiger partial charge on any atom is -0.409 e. The number of nitrogens with zero attached hydrogens (tertiary/aromatic N) is 1. The number of amidine groups is 1. The third-order valence-corrected chi connectivity index (χ3v) is 2.98. The van der Waals surface area contributed by atoms with Crippen LogP contribution in [0.2, 0.25) is 10.0 Å². The van der Waals surface area contributed by atoms with Crippen LogP contribution in [-0.2, 0) is 0 Å². The molecular formula is C10H13Cl2N3O. The summed E-state index contributed by atoms with van der Waals surface area (Å²) in [5.74, 6) is 0.110. The van der Waals surface area contributed by atoms with Crippen molar-refractivity contribution in [3.05, 3.63) is 28.2 Å². The third kappa shape index (κ3) is 2.93. The Morgan fingerprint density at radius 3 is 2.81 bits per heavy atom. The number of oxime groups is 1. The summed E-state index contributed by atoms with van der Waals surface area (Å²) in [7, 11) is 0. The summed E-state index contributed by atoms with van der Waals surface area (Å²) in [6.45, 7) is 1.91. The molecule has 0 heterocycles. The van der Waals surface area contributed by atoms with E-state index in [1.165, 1.54) is 0 Å². The van der Waals surface area contributed by atoms with Gasteiger partial charge in [0.2, 0.25) is 0 Å². The minimum atomic E-state index is -0.277. The van der Waals surface area contributed by atoms with Crippen LogP contribution in [-0.4, -0.2) is 17.1 Å². The van der Waals surface area contributed by atoms with Gasteiger partial charge in [0.15, 0.2) is 5.84 Å². The maximum Gasteiger partial charge on any atom is 0.161 e. The van der Waals surface area contributed by atoms with Crippen molar-refractivity contribution >= 4 is 34.7 Å². The van der Waals surface area contributed by atoms with E-state index in [0.29, 0.717) is 22.2 Å². The molecule has 1 atom stereocenters. The number of anilines is 1. The molecule has 0 radical (unpaired) electrons. The topological polar surface area (TPSA) is 70.6 Å². The quantitative estimate of drug-likeness (QED) is 0.338. The van der Waals surface area contributed by atoms with Crippen LogP contribution in [0.15, 0.2) is 23.4 Å². The van der Waals surface area contributed by atoms with E-state index in [2.05, 4.69) is 10.5 Å². The molecule has 0 aliphatic rings. The van der Waals surface area contributed by atoms with Crippen molar-refractivity contribution in [3.63, 3.8) is 0 Å². The van der Waals surface area contributed by atoms with Gasteiger partial charge in [0.25, 0.3) is 0 Å². The summed E-state index contributed by atoms with van der Waals surface area (Å²) in [4.78, 5) is 0. The Labute approximate surface area is 104 Å². The molecule has 0 saturated carbocycles. The van der Waals surface area contributed by atoms with E-state index in [9.17, 15) is 0 Å². The zero-order chi connectivity index (χ0) is 12.1. The second kappa shape index (κ2) is 5.82. The summed E-state index contributed by atoms with van der Waals surface area (Å²) in [5, 5.41) is 15.5. The van der Waals surface area contributed by atoms with E-state index in [0.717, 1.165) is 0 Å². The zero-order valence-corrected chi connectivity index (χ0v) is 10.3. The van der Waals surface area contributed by atoms with Gasteiger partial charge < -0.3 is 16.3 Å². The minimum absolute atomic E-state index is 0.110. The molecule has 0 fully saturated rings. The Hall–Kier alpha value is -1.13. The highest BCUT2D eigenvalue weighted by atomic mass is 35.5. The lowest BCUT2D eigenvalue weighted by molar-refractivity contribution is 0.316. The number of hydrogen-bond donors (Lipinski definition) is 3. The van der Waals surface area contributed by atoms with Gasteiger partial charge in [0, 0.05) is 0 Å². The third-order valence-electron chi connectivity index (χ3n) is 2.16. The molecule has 88 valence electrons. The van der Waals surface area contributed by atoms with Crippen molar-refractivity contribution in [1.82, 2.24) is 0 Å². The SMILES string of the molecule is CCC(Nc1cccc(Cl)c1Cl)C(N)=NO. The molecule has 0 aromatic heterocycles. The normalized spacial score (nSPS) is 13.6. The van der Waals surface area contributed by atoms with Gasteiger partial charge in [0.05, 0.1) is 21.8 Å². The molecule has 1 rings (SSSR count). The molecule has 0 amide bonds. The zero-order valence-electron chi connectivity index (χ0n) is 8.74. The maximum atomic E-state index is 8.60. The van der Waals surface area contributed by atoms with Crippen LogP contribution in [0.4, 0.5) is 5.69 Å². The summed E-state index contributed by atoms with van der Waals surface area (Å²) < 4.78 is 0. The van der Waals surface area contributed by atoms with Gasteiger partial charge in [-0.3, -0.25) is 0 Å². The molecule has 1 aromatic rings. The highest BCUT2D eigenvalue weighted by Gasteiger charge is 2.13. The predicted octanol–water partition coefficient (Wildman–Crippen LogP) is 2.93. The van der Waals surface area contributed by atoms with Crippen LogP contribution in [0.25, 0.3) is 0 Å². The number of hydrogen-bond acceptors (Lipinski definition) is 3. The molecule has 0 bridgehead atoms. The van der Waals surface area contributed by atoms with E-state index in [1.54, 1.807) is 18.2 Å². The molecule has 4 N–H and O–H groups in total. The van der Waals surface area contributed by atoms with Gasteiger partial charge in [-0.25, -0.2) is 0 Å². The van der Waals surface area contributed by atoms with Crippen LogP contribution < -0.4 is 11.1 Å². The first-order valence-electron chi connectivity index (χ1n) is 4.78. The Kier molecular flexibility index (Phi) is 4.71. The van der Waals surface area contributed by atoms with Gasteiger partial charge in [0.1, 0.15) is 0 Å². The van der Waals surface area contributed by atoms with Crippen LogP contribution >= 0.6 is 23.2 Å². The number of halogens is 2. The van der Waals surface area contributed by atoms with Crippen molar-refractivity contribution in [2.24, 2.45) is 10.9 Å². The van der Waals surface area contributed by atoms with Crippen molar-refractivity contribution in [2.75, 3.05) is 5.32 Å². The lowest BCUT2D eigenvalue weighted by Gasteiger charge is -2.17. The monoisotopic (exact) mass is 261 g/mol. The molecular weight excluding hydrogens is 249 g/mol. The summed E-state index contributed by atoms with van der Waals surface area (Å²) in [6, 6.07) is 4.97. The lowest BCUT2D eigenvalue weighted by atomic mass is 10.2. The second-order valence-electron chi connectivity index (χ2n) is 3.23. The smallest absolute Gasteiger partial charge is 0.161 e.